The van der Waals surface area contributed by atoms with Crippen molar-refractivity contribution in [2.75, 3.05) is 19.0 Å². The van der Waals surface area contributed by atoms with E-state index in [-0.39, 0.29) is 11.2 Å². The minimum Gasteiger partial charge on any atom is -0.381 e. The Balaban J connectivity index is 3.93. The lowest BCUT2D eigenvalue weighted by molar-refractivity contribution is 0.0481. The van der Waals surface area contributed by atoms with Crippen LogP contribution in [0.1, 0.15) is 72.1 Å². The zero-order chi connectivity index (χ0) is 15.5. The summed E-state index contributed by atoms with van der Waals surface area (Å²) in [6, 6.07) is 0. The maximum atomic E-state index is 11.3. The molecule has 0 fully saturated rings. The molecule has 0 aromatic heterocycles. The van der Waals surface area contributed by atoms with E-state index in [1.165, 1.54) is 32.1 Å². The van der Waals surface area contributed by atoms with Crippen LogP contribution in [-0.2, 0) is 13.8 Å². The molecule has 0 amide bonds. The van der Waals surface area contributed by atoms with E-state index in [2.05, 4.69) is 6.92 Å². The minimum absolute atomic E-state index is 0.00502. The molecule has 0 atom stereocenters. The van der Waals surface area contributed by atoms with Crippen LogP contribution in [0.15, 0.2) is 0 Å². The highest BCUT2D eigenvalue weighted by Gasteiger charge is 2.31. The molecule has 0 aromatic carbocycles. The third-order valence-electron chi connectivity index (χ3n) is 4.03. The predicted octanol–water partition coefficient (Wildman–Crippen LogP) is 4.74. The monoisotopic (exact) mass is 326 g/mol. The van der Waals surface area contributed by atoms with Crippen LogP contribution in [-0.4, -0.2) is 27.4 Å². The van der Waals surface area contributed by atoms with E-state index in [9.17, 15) is 8.42 Å². The lowest BCUT2D eigenvalue weighted by Crippen LogP contribution is -2.32. The Hall–Kier alpha value is 0.200. The third kappa shape index (κ3) is 10.0. The number of hydrogen-bond acceptors (Lipinski definition) is 3. The van der Waals surface area contributed by atoms with Gasteiger partial charge in [-0.25, -0.2) is 8.42 Å². The molecule has 0 aromatic rings. The quantitative estimate of drug-likeness (QED) is 0.363. The van der Waals surface area contributed by atoms with Gasteiger partial charge in [0.05, 0.1) is 12.4 Å². The molecule has 0 bridgehead atoms. The van der Waals surface area contributed by atoms with Gasteiger partial charge < -0.3 is 4.74 Å². The van der Waals surface area contributed by atoms with Crippen LogP contribution in [0.4, 0.5) is 0 Å². The summed E-state index contributed by atoms with van der Waals surface area (Å²) in [7, 11) is 1.93. The Bertz CT molecular complexity index is 324. The van der Waals surface area contributed by atoms with Gasteiger partial charge >= 0.3 is 0 Å². The number of rotatable bonds is 13. The van der Waals surface area contributed by atoms with Crippen molar-refractivity contribution < 1.29 is 13.2 Å². The zero-order valence-electron chi connectivity index (χ0n) is 13.3. The van der Waals surface area contributed by atoms with Gasteiger partial charge in [0.15, 0.2) is 0 Å². The average Bonchev–Trinajstić information content (AvgIpc) is 2.39. The summed E-state index contributed by atoms with van der Waals surface area (Å²) in [5.41, 5.74) is -0.331. The van der Waals surface area contributed by atoms with Crippen molar-refractivity contribution in [1.29, 1.82) is 0 Å². The normalized spacial score (nSPS) is 12.8. The third-order valence-corrected chi connectivity index (χ3v) is 5.31. The van der Waals surface area contributed by atoms with Gasteiger partial charge in [0.2, 0.25) is 9.05 Å². The van der Waals surface area contributed by atoms with E-state index in [1.807, 2.05) is 13.8 Å². The van der Waals surface area contributed by atoms with Crippen LogP contribution in [0, 0.1) is 5.41 Å². The number of unbranched alkanes of at least 4 members (excludes halogenated alkanes) is 5. The molecule has 0 aliphatic carbocycles. The van der Waals surface area contributed by atoms with Gasteiger partial charge in [-0.1, -0.05) is 52.9 Å². The van der Waals surface area contributed by atoms with Gasteiger partial charge in [0.25, 0.3) is 0 Å². The summed E-state index contributed by atoms with van der Waals surface area (Å²) >= 11 is 0. The van der Waals surface area contributed by atoms with Crippen LogP contribution < -0.4 is 0 Å². The van der Waals surface area contributed by atoms with Crippen molar-refractivity contribution in [3.8, 4) is 0 Å². The molecule has 0 saturated heterocycles. The summed E-state index contributed by atoms with van der Waals surface area (Å²) < 4.78 is 28.3. The lowest BCUT2D eigenvalue weighted by atomic mass is 9.85. The van der Waals surface area contributed by atoms with E-state index in [0.29, 0.717) is 6.61 Å². The molecule has 0 radical (unpaired) electrons. The largest absolute Gasteiger partial charge is 0.381 e. The highest BCUT2D eigenvalue weighted by atomic mass is 35.7. The highest BCUT2D eigenvalue weighted by Crippen LogP contribution is 2.30. The van der Waals surface area contributed by atoms with Crippen molar-refractivity contribution in [2.24, 2.45) is 5.41 Å². The van der Waals surface area contributed by atoms with Gasteiger partial charge in [-0.3, -0.25) is 0 Å². The first-order chi connectivity index (χ1) is 9.39. The Morgan fingerprint density at radius 2 is 1.50 bits per heavy atom. The van der Waals surface area contributed by atoms with E-state index < -0.39 is 9.05 Å². The Labute approximate surface area is 129 Å². The van der Waals surface area contributed by atoms with Gasteiger partial charge in [-0.2, -0.15) is 0 Å². The Morgan fingerprint density at radius 3 is 2.00 bits per heavy atom. The van der Waals surface area contributed by atoms with E-state index >= 15 is 0 Å². The minimum atomic E-state index is -3.47. The van der Waals surface area contributed by atoms with Crippen molar-refractivity contribution in [3.05, 3.63) is 0 Å². The molecule has 0 rings (SSSR count). The van der Waals surface area contributed by atoms with Crippen LogP contribution in [0.5, 0.6) is 0 Å². The van der Waals surface area contributed by atoms with Crippen LogP contribution >= 0.6 is 10.7 Å². The second-order valence-corrected chi connectivity index (χ2v) is 8.49. The molecule has 0 aliphatic rings. The predicted molar refractivity (Wildman–Crippen MR) is 86.8 cm³/mol. The second kappa shape index (κ2) is 10.9. The molecule has 0 heterocycles. The fourth-order valence-electron chi connectivity index (χ4n) is 2.34. The maximum Gasteiger partial charge on any atom is 0.233 e. The molecular weight excluding hydrogens is 296 g/mol. The summed E-state index contributed by atoms with van der Waals surface area (Å²) in [5, 5.41) is 0. The standard InChI is InChI=1S/C15H31ClO3S/c1-4-7-8-9-10-11-12-19-13-15(5-2,6-3)14-20(16,17)18/h4-14H2,1-3H3. The van der Waals surface area contributed by atoms with Gasteiger partial charge in [-0.15, -0.1) is 0 Å². The van der Waals surface area contributed by atoms with Crippen LogP contribution in [0.2, 0.25) is 0 Å². The average molecular weight is 327 g/mol. The molecule has 0 spiro atoms. The SMILES string of the molecule is CCCCCCCCOCC(CC)(CC)CS(=O)(=O)Cl. The van der Waals surface area contributed by atoms with Gasteiger partial charge in [0.1, 0.15) is 0 Å². The summed E-state index contributed by atoms with van der Waals surface area (Å²) in [6.45, 7) is 7.42. The molecule has 0 N–H and O–H groups in total. The molecule has 0 unspecified atom stereocenters. The van der Waals surface area contributed by atoms with Crippen molar-refractivity contribution in [2.45, 2.75) is 72.1 Å². The second-order valence-electron chi connectivity index (χ2n) is 5.71. The van der Waals surface area contributed by atoms with Gasteiger partial charge in [-0.05, 0) is 19.3 Å². The van der Waals surface area contributed by atoms with E-state index in [4.69, 9.17) is 15.4 Å². The first-order valence-corrected chi connectivity index (χ1v) is 10.4. The number of ether oxygens (including phenoxy) is 1. The molecule has 0 saturated carbocycles. The van der Waals surface area contributed by atoms with Crippen molar-refractivity contribution >= 4 is 19.7 Å². The molecule has 20 heavy (non-hydrogen) atoms. The fourth-order valence-corrected chi connectivity index (χ4v) is 4.26. The van der Waals surface area contributed by atoms with Crippen molar-refractivity contribution in [3.63, 3.8) is 0 Å². The van der Waals surface area contributed by atoms with Crippen LogP contribution in [0.25, 0.3) is 0 Å². The zero-order valence-corrected chi connectivity index (χ0v) is 14.9. The van der Waals surface area contributed by atoms with E-state index in [0.717, 1.165) is 25.9 Å². The molecular formula is C15H31ClO3S. The fraction of sp³-hybridized carbons (Fsp3) is 1.00. The van der Waals surface area contributed by atoms with Crippen LogP contribution in [0.3, 0.4) is 0 Å². The molecule has 5 heteroatoms. The highest BCUT2D eigenvalue weighted by molar-refractivity contribution is 8.13. The molecule has 122 valence electrons. The first kappa shape index (κ1) is 20.2. The number of hydrogen-bond donors (Lipinski definition) is 0. The lowest BCUT2D eigenvalue weighted by Gasteiger charge is -2.30. The smallest absolute Gasteiger partial charge is 0.233 e. The summed E-state index contributed by atoms with van der Waals surface area (Å²) in [4.78, 5) is 0. The maximum absolute atomic E-state index is 11.3. The molecule has 0 aliphatic heterocycles. The first-order valence-electron chi connectivity index (χ1n) is 7.89. The van der Waals surface area contributed by atoms with Crippen molar-refractivity contribution in [1.82, 2.24) is 0 Å². The Kier molecular flexibility index (Phi) is 11.0. The summed E-state index contributed by atoms with van der Waals surface area (Å²) in [5.74, 6) is 0.00502. The summed E-state index contributed by atoms with van der Waals surface area (Å²) in [6.07, 6.45) is 8.93. The molecule has 3 nitrogen and oxygen atoms in total. The topological polar surface area (TPSA) is 43.4 Å². The Morgan fingerprint density at radius 1 is 0.950 bits per heavy atom. The van der Waals surface area contributed by atoms with Gasteiger partial charge in [0, 0.05) is 22.7 Å². The number of halogens is 1. The van der Waals surface area contributed by atoms with E-state index in [1.54, 1.807) is 0 Å².